The molecule has 5 rings (SSSR count). The molecule has 1 N–H and O–H groups in total. The Balaban J connectivity index is 1.41. The van der Waals surface area contributed by atoms with Crippen molar-refractivity contribution in [1.29, 1.82) is 5.26 Å². The molecule has 2 aromatic carbocycles. The van der Waals surface area contributed by atoms with Crippen molar-refractivity contribution in [3.8, 4) is 17.2 Å². The molecule has 4 heteroatoms. The molecule has 1 fully saturated rings. The second kappa shape index (κ2) is 8.53. The van der Waals surface area contributed by atoms with Gasteiger partial charge in [0.2, 0.25) is 0 Å². The molecule has 31 heavy (non-hydrogen) atoms. The van der Waals surface area contributed by atoms with Crippen LogP contribution in [-0.2, 0) is 13.0 Å². The van der Waals surface area contributed by atoms with Crippen molar-refractivity contribution >= 4 is 0 Å². The van der Waals surface area contributed by atoms with Crippen LogP contribution in [0.3, 0.4) is 0 Å². The molecule has 1 unspecified atom stereocenters. The molecule has 2 aliphatic heterocycles. The monoisotopic (exact) mass is 410 g/mol. The van der Waals surface area contributed by atoms with E-state index in [-0.39, 0.29) is 5.56 Å². The third-order valence-corrected chi connectivity index (χ3v) is 6.96. The highest BCUT2D eigenvalue weighted by Gasteiger charge is 2.38. The fraction of sp³-hybridized carbons (Fsp3) is 0.333. The zero-order valence-corrected chi connectivity index (χ0v) is 17.8. The number of aryl methyl sites for hydroxylation is 1. The van der Waals surface area contributed by atoms with Gasteiger partial charge >= 0.3 is 0 Å². The molecule has 1 saturated heterocycles. The fourth-order valence-corrected chi connectivity index (χ4v) is 5.67. The van der Waals surface area contributed by atoms with E-state index in [4.69, 9.17) is 0 Å². The van der Waals surface area contributed by atoms with E-state index >= 15 is 0 Å². The molecule has 3 heterocycles. The van der Waals surface area contributed by atoms with Crippen LogP contribution in [0.1, 0.15) is 35.6 Å². The maximum atomic E-state index is 12.7. The molecule has 1 aromatic heterocycles. The van der Waals surface area contributed by atoms with E-state index in [1.165, 1.54) is 18.5 Å². The van der Waals surface area contributed by atoms with E-state index in [9.17, 15) is 10.1 Å². The van der Waals surface area contributed by atoms with Gasteiger partial charge in [0.1, 0.15) is 0 Å². The molecule has 0 saturated carbocycles. The Labute approximate surface area is 183 Å². The highest BCUT2D eigenvalue weighted by Crippen LogP contribution is 2.37. The predicted octanol–water partition coefficient (Wildman–Crippen LogP) is 3.02. The lowest BCUT2D eigenvalue weighted by molar-refractivity contribution is -0.911. The van der Waals surface area contributed by atoms with Crippen LogP contribution in [0, 0.1) is 17.2 Å². The summed E-state index contributed by atoms with van der Waals surface area (Å²) < 4.78 is 2.00. The van der Waals surface area contributed by atoms with Gasteiger partial charge in [0.25, 0.3) is 5.56 Å². The minimum absolute atomic E-state index is 0.0930. The number of hydrogen-bond donors (Lipinski definition) is 1. The normalized spacial score (nSPS) is 21.8. The van der Waals surface area contributed by atoms with E-state index in [2.05, 4.69) is 36.4 Å². The first-order valence-corrected chi connectivity index (χ1v) is 11.3. The summed E-state index contributed by atoms with van der Waals surface area (Å²) in [4.78, 5) is 14.4. The third kappa shape index (κ3) is 3.94. The lowest BCUT2D eigenvalue weighted by Gasteiger charge is -2.41. The Bertz CT molecular complexity index is 1180. The van der Waals surface area contributed by atoms with Crippen LogP contribution in [0.15, 0.2) is 71.5 Å². The molecule has 0 aliphatic carbocycles. The van der Waals surface area contributed by atoms with Crippen LogP contribution in [-0.4, -0.2) is 24.2 Å². The van der Waals surface area contributed by atoms with Gasteiger partial charge in [-0.3, -0.25) is 4.79 Å². The summed E-state index contributed by atoms with van der Waals surface area (Å²) in [5.74, 6) is 0.923. The zero-order valence-electron chi connectivity index (χ0n) is 17.8. The van der Waals surface area contributed by atoms with Gasteiger partial charge in [0.15, 0.2) is 0 Å². The number of nitrogens with zero attached hydrogens (tertiary/aromatic N) is 2. The average molecular weight is 411 g/mol. The molecular formula is C27H28N3O+. The zero-order chi connectivity index (χ0) is 21.2. The maximum absolute atomic E-state index is 12.7. The van der Waals surface area contributed by atoms with Crippen molar-refractivity contribution in [2.75, 3.05) is 19.6 Å². The van der Waals surface area contributed by atoms with Gasteiger partial charge in [-0.25, -0.2) is 0 Å². The van der Waals surface area contributed by atoms with Crippen LogP contribution in [0.25, 0.3) is 11.1 Å². The van der Waals surface area contributed by atoms with Crippen LogP contribution < -0.4 is 10.5 Å². The number of likely N-dealkylation sites (tertiary alicyclic amines) is 1. The van der Waals surface area contributed by atoms with Crippen LogP contribution in [0.4, 0.5) is 0 Å². The SMILES string of the molecule is N#Cc1ccccc1-c1ccc(=O)n2c1[C@@H]1C[C@H](C2)C[NH+](CCCc2ccccc2)C1. The standard InChI is InChI=1S/C27H27N3O/c28-16-22-10-4-5-11-24(22)25-12-13-26(31)30-18-21-15-23(27(25)30)19-29(17-21)14-6-9-20-7-2-1-3-8-20/h1-5,7-8,10-13,21,23H,6,9,14-15,17-19H2/p+1/t21-,23+/m0/s1. The minimum Gasteiger partial charge on any atom is -0.334 e. The largest absolute Gasteiger partial charge is 0.334 e. The molecule has 156 valence electrons. The number of fused-ring (bicyclic) bond motifs is 4. The van der Waals surface area contributed by atoms with Crippen molar-refractivity contribution < 1.29 is 4.90 Å². The first-order valence-electron chi connectivity index (χ1n) is 11.3. The second-order valence-electron chi connectivity index (χ2n) is 9.03. The molecule has 2 bridgehead atoms. The molecule has 2 aliphatic rings. The van der Waals surface area contributed by atoms with E-state index in [0.717, 1.165) is 49.3 Å². The van der Waals surface area contributed by atoms with Crippen molar-refractivity contribution in [2.45, 2.75) is 31.7 Å². The molecule has 0 amide bonds. The summed E-state index contributed by atoms with van der Waals surface area (Å²) in [6.45, 7) is 4.19. The highest BCUT2D eigenvalue weighted by atomic mass is 16.1. The third-order valence-electron chi connectivity index (χ3n) is 6.96. The number of nitriles is 1. The first-order chi connectivity index (χ1) is 15.2. The van der Waals surface area contributed by atoms with Crippen LogP contribution >= 0.6 is 0 Å². The number of benzene rings is 2. The van der Waals surface area contributed by atoms with Gasteiger partial charge < -0.3 is 9.47 Å². The van der Waals surface area contributed by atoms with E-state index in [0.29, 0.717) is 17.4 Å². The average Bonchev–Trinajstić information content (AvgIpc) is 2.80. The van der Waals surface area contributed by atoms with Crippen molar-refractivity contribution in [3.05, 3.63) is 93.9 Å². The number of rotatable bonds is 5. The first kappa shape index (κ1) is 19.8. The number of nitrogens with one attached hydrogen (secondary N) is 1. The van der Waals surface area contributed by atoms with Crippen molar-refractivity contribution in [3.63, 3.8) is 0 Å². The quantitative estimate of drug-likeness (QED) is 0.703. The summed E-state index contributed by atoms with van der Waals surface area (Å²) in [5.41, 5.74) is 5.33. The fourth-order valence-electron chi connectivity index (χ4n) is 5.67. The maximum Gasteiger partial charge on any atom is 0.250 e. The van der Waals surface area contributed by atoms with Crippen LogP contribution in [0.2, 0.25) is 0 Å². The predicted molar refractivity (Wildman–Crippen MR) is 122 cm³/mol. The second-order valence-corrected chi connectivity index (χ2v) is 9.03. The van der Waals surface area contributed by atoms with Gasteiger partial charge in [0, 0.05) is 47.7 Å². The topological polar surface area (TPSA) is 50.2 Å². The molecule has 0 spiro atoms. The lowest BCUT2D eigenvalue weighted by atomic mass is 9.80. The number of quaternary nitrogens is 1. The number of pyridine rings is 1. The molecule has 3 aromatic rings. The Morgan fingerprint density at radius 1 is 0.968 bits per heavy atom. The molecular weight excluding hydrogens is 382 g/mol. The van der Waals surface area contributed by atoms with Gasteiger partial charge in [0.05, 0.1) is 31.3 Å². The van der Waals surface area contributed by atoms with Gasteiger partial charge in [-0.15, -0.1) is 0 Å². The van der Waals surface area contributed by atoms with Crippen LogP contribution in [0.5, 0.6) is 0 Å². The van der Waals surface area contributed by atoms with Gasteiger partial charge in [-0.2, -0.15) is 5.26 Å². The molecule has 0 radical (unpaired) electrons. The Kier molecular flexibility index (Phi) is 5.44. The Morgan fingerprint density at radius 3 is 2.61 bits per heavy atom. The minimum atomic E-state index is 0.0930. The molecule has 3 atom stereocenters. The summed E-state index contributed by atoms with van der Waals surface area (Å²) in [6.07, 6.45) is 3.45. The summed E-state index contributed by atoms with van der Waals surface area (Å²) in [7, 11) is 0. The number of hydrogen-bond acceptors (Lipinski definition) is 2. The van der Waals surface area contributed by atoms with Crippen molar-refractivity contribution in [2.24, 2.45) is 5.92 Å². The van der Waals surface area contributed by atoms with Gasteiger partial charge in [-0.05, 0) is 30.5 Å². The van der Waals surface area contributed by atoms with Crippen molar-refractivity contribution in [1.82, 2.24) is 4.57 Å². The Hall–Kier alpha value is -3.16. The summed E-state index contributed by atoms with van der Waals surface area (Å²) in [6, 6.07) is 24.4. The van der Waals surface area contributed by atoms with E-state index < -0.39 is 0 Å². The molecule has 4 nitrogen and oxygen atoms in total. The highest BCUT2D eigenvalue weighted by molar-refractivity contribution is 5.73. The summed E-state index contributed by atoms with van der Waals surface area (Å²) >= 11 is 0. The summed E-state index contributed by atoms with van der Waals surface area (Å²) in [5, 5.41) is 9.63. The number of aromatic nitrogens is 1. The smallest absolute Gasteiger partial charge is 0.250 e. The van der Waals surface area contributed by atoms with Gasteiger partial charge in [-0.1, -0.05) is 48.5 Å². The Morgan fingerprint density at radius 2 is 1.77 bits per heavy atom. The van der Waals surface area contributed by atoms with E-state index in [1.807, 2.05) is 34.9 Å². The lowest BCUT2D eigenvalue weighted by Crippen LogP contribution is -3.14. The number of piperidine rings is 1. The van der Waals surface area contributed by atoms with E-state index in [1.54, 1.807) is 11.0 Å².